The van der Waals surface area contributed by atoms with Crippen molar-refractivity contribution >= 4 is 15.5 Å². The van der Waals surface area contributed by atoms with Gasteiger partial charge in [0, 0.05) is 18.3 Å². The minimum Gasteiger partial charge on any atom is -0.381 e. The number of hydrogen-bond donors (Lipinski definition) is 1. The Balaban J connectivity index is 2.66. The highest BCUT2D eigenvalue weighted by atomic mass is 32.2. The molecule has 0 radical (unpaired) electrons. The van der Waals surface area contributed by atoms with E-state index in [1.807, 2.05) is 12.1 Å². The van der Waals surface area contributed by atoms with Gasteiger partial charge in [-0.25, -0.2) is 8.42 Å². The molecule has 0 fully saturated rings. The van der Waals surface area contributed by atoms with Crippen LogP contribution in [0.15, 0.2) is 29.2 Å². The first-order valence-corrected chi connectivity index (χ1v) is 8.89. The molecule has 0 heterocycles. The summed E-state index contributed by atoms with van der Waals surface area (Å²) in [5, 5.41) is 3.40. The quantitative estimate of drug-likeness (QED) is 0.801. The molecule has 0 aliphatic carbocycles. The van der Waals surface area contributed by atoms with E-state index in [0.717, 1.165) is 25.3 Å². The first kappa shape index (κ1) is 17.0. The number of benzene rings is 1. The molecule has 1 N–H and O–H groups in total. The fourth-order valence-corrected chi connectivity index (χ4v) is 3.01. The average Bonchev–Trinajstić information content (AvgIpc) is 2.45. The summed E-state index contributed by atoms with van der Waals surface area (Å²) in [7, 11) is -3.11. The molecule has 1 rings (SSSR count). The van der Waals surface area contributed by atoms with Crippen molar-refractivity contribution in [2.24, 2.45) is 0 Å². The van der Waals surface area contributed by atoms with Crippen molar-refractivity contribution in [1.82, 2.24) is 4.90 Å². The normalized spacial score (nSPS) is 13.4. The standard InChI is InChI=1S/C15H26N2O2S/c1-5-17(6-2)12-13(4)16-14-8-10-15(11-9-14)20(18,19)7-3/h8-11,13,16H,5-7,12H2,1-4H3. The van der Waals surface area contributed by atoms with E-state index in [1.165, 1.54) is 0 Å². The number of sulfone groups is 1. The molecule has 1 aromatic carbocycles. The smallest absolute Gasteiger partial charge is 0.178 e. The lowest BCUT2D eigenvalue weighted by Crippen LogP contribution is -2.34. The van der Waals surface area contributed by atoms with E-state index in [0.29, 0.717) is 10.9 Å². The first-order chi connectivity index (χ1) is 9.42. The monoisotopic (exact) mass is 298 g/mol. The Bertz CT molecular complexity index is 493. The van der Waals surface area contributed by atoms with Crippen LogP contribution in [0.5, 0.6) is 0 Å². The summed E-state index contributed by atoms with van der Waals surface area (Å²) in [4.78, 5) is 2.75. The van der Waals surface area contributed by atoms with Gasteiger partial charge >= 0.3 is 0 Å². The Morgan fingerprint density at radius 2 is 1.65 bits per heavy atom. The predicted octanol–water partition coefficient (Wildman–Crippen LogP) is 2.62. The Morgan fingerprint density at radius 1 is 1.10 bits per heavy atom. The van der Waals surface area contributed by atoms with Crippen molar-refractivity contribution < 1.29 is 8.42 Å². The first-order valence-electron chi connectivity index (χ1n) is 7.24. The second-order valence-corrected chi connectivity index (χ2v) is 7.24. The summed E-state index contributed by atoms with van der Waals surface area (Å²) in [6, 6.07) is 7.34. The van der Waals surface area contributed by atoms with Gasteiger partial charge in [-0.3, -0.25) is 0 Å². The van der Waals surface area contributed by atoms with Crippen molar-refractivity contribution in [3.05, 3.63) is 24.3 Å². The molecule has 1 unspecified atom stereocenters. The lowest BCUT2D eigenvalue weighted by Gasteiger charge is -2.24. The molecule has 4 nitrogen and oxygen atoms in total. The molecular formula is C15H26N2O2S. The zero-order valence-electron chi connectivity index (χ0n) is 12.9. The zero-order chi connectivity index (χ0) is 15.2. The third kappa shape index (κ3) is 4.80. The van der Waals surface area contributed by atoms with Crippen molar-refractivity contribution in [3.63, 3.8) is 0 Å². The van der Waals surface area contributed by atoms with Gasteiger partial charge in [0.05, 0.1) is 10.6 Å². The van der Waals surface area contributed by atoms with Crippen LogP contribution in [0.3, 0.4) is 0 Å². The predicted molar refractivity (Wildman–Crippen MR) is 85.0 cm³/mol. The molecule has 0 aliphatic rings. The summed E-state index contributed by atoms with van der Waals surface area (Å²) >= 11 is 0. The van der Waals surface area contributed by atoms with Crippen LogP contribution in [0.1, 0.15) is 27.7 Å². The zero-order valence-corrected chi connectivity index (χ0v) is 13.7. The second kappa shape index (κ2) is 7.64. The number of nitrogens with one attached hydrogen (secondary N) is 1. The number of rotatable bonds is 8. The Morgan fingerprint density at radius 3 is 2.10 bits per heavy atom. The van der Waals surface area contributed by atoms with Gasteiger partial charge in [-0.1, -0.05) is 20.8 Å². The maximum atomic E-state index is 11.7. The average molecular weight is 298 g/mol. The Hall–Kier alpha value is -1.07. The van der Waals surface area contributed by atoms with Gasteiger partial charge in [0.2, 0.25) is 0 Å². The lowest BCUT2D eigenvalue weighted by molar-refractivity contribution is 0.295. The van der Waals surface area contributed by atoms with E-state index in [4.69, 9.17) is 0 Å². The van der Waals surface area contributed by atoms with Crippen LogP contribution in [-0.2, 0) is 9.84 Å². The van der Waals surface area contributed by atoms with Gasteiger partial charge in [0.15, 0.2) is 9.84 Å². The summed E-state index contributed by atoms with van der Waals surface area (Å²) < 4.78 is 23.5. The summed E-state index contributed by atoms with van der Waals surface area (Å²) in [6.07, 6.45) is 0. The molecule has 1 atom stereocenters. The van der Waals surface area contributed by atoms with Crippen LogP contribution in [0.2, 0.25) is 0 Å². The topological polar surface area (TPSA) is 49.4 Å². The number of nitrogens with zero attached hydrogens (tertiary/aromatic N) is 1. The Kier molecular flexibility index (Phi) is 6.49. The highest BCUT2D eigenvalue weighted by Gasteiger charge is 2.11. The van der Waals surface area contributed by atoms with Gasteiger partial charge in [-0.2, -0.15) is 0 Å². The van der Waals surface area contributed by atoms with E-state index in [9.17, 15) is 8.42 Å². The van der Waals surface area contributed by atoms with Crippen LogP contribution < -0.4 is 5.32 Å². The van der Waals surface area contributed by atoms with E-state index < -0.39 is 9.84 Å². The van der Waals surface area contributed by atoms with Crippen molar-refractivity contribution in [2.75, 3.05) is 30.7 Å². The molecule has 20 heavy (non-hydrogen) atoms. The van der Waals surface area contributed by atoms with Crippen LogP contribution in [-0.4, -0.2) is 44.7 Å². The molecule has 0 saturated heterocycles. The molecule has 0 aromatic heterocycles. The number of hydrogen-bond acceptors (Lipinski definition) is 4. The number of anilines is 1. The third-order valence-corrected chi connectivity index (χ3v) is 5.18. The van der Waals surface area contributed by atoms with Crippen LogP contribution >= 0.6 is 0 Å². The minimum absolute atomic E-state index is 0.137. The fourth-order valence-electron chi connectivity index (χ4n) is 2.12. The van der Waals surface area contributed by atoms with Crippen molar-refractivity contribution in [3.8, 4) is 0 Å². The second-order valence-electron chi connectivity index (χ2n) is 4.96. The molecule has 0 spiro atoms. The fraction of sp³-hybridized carbons (Fsp3) is 0.600. The van der Waals surface area contributed by atoms with E-state index >= 15 is 0 Å². The highest BCUT2D eigenvalue weighted by molar-refractivity contribution is 7.91. The Labute approximate surface area is 123 Å². The van der Waals surface area contributed by atoms with E-state index in [2.05, 4.69) is 31.0 Å². The molecule has 0 aliphatic heterocycles. The van der Waals surface area contributed by atoms with Gasteiger partial charge < -0.3 is 10.2 Å². The van der Waals surface area contributed by atoms with Gasteiger partial charge in [-0.15, -0.1) is 0 Å². The molecule has 1 aromatic rings. The van der Waals surface area contributed by atoms with Gasteiger partial charge in [-0.05, 0) is 44.3 Å². The minimum atomic E-state index is -3.11. The van der Waals surface area contributed by atoms with Gasteiger partial charge in [0.1, 0.15) is 0 Å². The summed E-state index contributed by atoms with van der Waals surface area (Å²) in [5.74, 6) is 0.137. The van der Waals surface area contributed by atoms with E-state index in [-0.39, 0.29) is 5.75 Å². The summed E-state index contributed by atoms with van der Waals surface area (Å²) in [5.41, 5.74) is 0.958. The molecule has 0 bridgehead atoms. The maximum absolute atomic E-state index is 11.7. The van der Waals surface area contributed by atoms with Crippen molar-refractivity contribution in [2.45, 2.75) is 38.6 Å². The SMILES string of the molecule is CCN(CC)CC(C)Nc1ccc(S(=O)(=O)CC)cc1. The lowest BCUT2D eigenvalue weighted by atomic mass is 10.2. The molecule has 0 saturated carbocycles. The van der Waals surface area contributed by atoms with Crippen LogP contribution in [0.25, 0.3) is 0 Å². The third-order valence-electron chi connectivity index (χ3n) is 3.43. The summed E-state index contributed by atoms with van der Waals surface area (Å²) in [6.45, 7) is 11.2. The number of likely N-dealkylation sites (N-methyl/N-ethyl adjacent to an activating group) is 1. The van der Waals surface area contributed by atoms with Crippen LogP contribution in [0.4, 0.5) is 5.69 Å². The maximum Gasteiger partial charge on any atom is 0.178 e. The van der Waals surface area contributed by atoms with E-state index in [1.54, 1.807) is 19.1 Å². The van der Waals surface area contributed by atoms with Crippen LogP contribution in [0, 0.1) is 0 Å². The van der Waals surface area contributed by atoms with Gasteiger partial charge in [0.25, 0.3) is 0 Å². The molecule has 5 heteroatoms. The largest absolute Gasteiger partial charge is 0.381 e. The molecular weight excluding hydrogens is 272 g/mol. The molecule has 0 amide bonds. The highest BCUT2D eigenvalue weighted by Crippen LogP contribution is 2.16. The van der Waals surface area contributed by atoms with Crippen molar-refractivity contribution in [1.29, 1.82) is 0 Å². The molecule has 114 valence electrons.